The number of benzene rings is 2. The molecule has 2 N–H and O–H groups in total. The number of nitrogens with one attached hydrogen (secondary N) is 2. The number of aryl methyl sites for hydroxylation is 1. The molecule has 0 aliphatic carbocycles. The van der Waals surface area contributed by atoms with E-state index < -0.39 is 29.2 Å². The highest BCUT2D eigenvalue weighted by molar-refractivity contribution is 6.09. The van der Waals surface area contributed by atoms with Crippen molar-refractivity contribution in [3.05, 3.63) is 71.0 Å². The zero-order chi connectivity index (χ0) is 20.3. The van der Waals surface area contributed by atoms with Crippen molar-refractivity contribution in [2.75, 3.05) is 6.54 Å². The average molecular weight is 383 g/mol. The molecule has 0 radical (unpaired) electrons. The maximum atomic E-state index is 13.2. The lowest BCUT2D eigenvalue weighted by molar-refractivity contribution is -0.135. The van der Waals surface area contributed by atoms with Crippen LogP contribution in [0, 0.1) is 12.7 Å². The first kappa shape index (κ1) is 19.5. The summed E-state index contributed by atoms with van der Waals surface area (Å²) in [7, 11) is 0. The van der Waals surface area contributed by atoms with Gasteiger partial charge in [-0.2, -0.15) is 0 Å². The minimum Gasteiger partial charge on any atom is -0.350 e. The minimum atomic E-state index is -1.29. The number of hydrogen-bond donors (Lipinski definition) is 2. The van der Waals surface area contributed by atoms with E-state index in [-0.39, 0.29) is 13.0 Å². The third kappa shape index (κ3) is 3.74. The van der Waals surface area contributed by atoms with E-state index in [1.54, 1.807) is 6.92 Å². The maximum absolute atomic E-state index is 13.2. The number of nitrogens with zero attached hydrogens (tertiary/aromatic N) is 1. The number of imide groups is 1. The van der Waals surface area contributed by atoms with Gasteiger partial charge in [-0.05, 0) is 36.6 Å². The van der Waals surface area contributed by atoms with Gasteiger partial charge >= 0.3 is 6.03 Å². The number of carbonyl (C=O) groups is 3. The smallest absolute Gasteiger partial charge is 0.325 e. The van der Waals surface area contributed by atoms with Crippen molar-refractivity contribution in [2.45, 2.75) is 32.4 Å². The third-order valence-electron chi connectivity index (χ3n) is 4.96. The van der Waals surface area contributed by atoms with Gasteiger partial charge in [-0.1, -0.05) is 48.9 Å². The van der Waals surface area contributed by atoms with Gasteiger partial charge in [-0.25, -0.2) is 9.18 Å². The van der Waals surface area contributed by atoms with Crippen LogP contribution in [-0.4, -0.2) is 29.3 Å². The molecule has 146 valence electrons. The Morgan fingerprint density at radius 2 is 1.75 bits per heavy atom. The second-order valence-corrected chi connectivity index (χ2v) is 6.85. The molecule has 1 atom stereocenters. The second-order valence-electron chi connectivity index (χ2n) is 6.85. The summed E-state index contributed by atoms with van der Waals surface area (Å²) in [6.07, 6.45) is 0.282. The third-order valence-corrected chi connectivity index (χ3v) is 4.96. The fraction of sp³-hybridized carbons (Fsp3) is 0.286. The molecule has 0 aromatic heterocycles. The molecule has 1 saturated heterocycles. The number of rotatable bonds is 6. The summed E-state index contributed by atoms with van der Waals surface area (Å²) in [4.78, 5) is 38.5. The Kier molecular flexibility index (Phi) is 5.44. The van der Waals surface area contributed by atoms with E-state index in [4.69, 9.17) is 0 Å². The fourth-order valence-electron chi connectivity index (χ4n) is 3.25. The van der Waals surface area contributed by atoms with Crippen molar-refractivity contribution in [1.29, 1.82) is 0 Å². The van der Waals surface area contributed by atoms with E-state index >= 15 is 0 Å². The molecule has 0 unspecified atom stereocenters. The fourth-order valence-corrected chi connectivity index (χ4v) is 3.25. The van der Waals surface area contributed by atoms with Gasteiger partial charge in [-0.15, -0.1) is 0 Å². The first-order chi connectivity index (χ1) is 13.4. The largest absolute Gasteiger partial charge is 0.350 e. The van der Waals surface area contributed by atoms with Crippen molar-refractivity contribution >= 4 is 17.8 Å². The first-order valence-electron chi connectivity index (χ1n) is 9.08. The van der Waals surface area contributed by atoms with Crippen molar-refractivity contribution in [3.8, 4) is 0 Å². The minimum absolute atomic E-state index is 0.282. The van der Waals surface area contributed by atoms with Gasteiger partial charge in [0.1, 0.15) is 17.9 Å². The molecule has 1 fully saturated rings. The van der Waals surface area contributed by atoms with Crippen molar-refractivity contribution in [2.24, 2.45) is 0 Å². The summed E-state index contributed by atoms with van der Waals surface area (Å²) in [6, 6.07) is 12.5. The van der Waals surface area contributed by atoms with E-state index in [9.17, 15) is 18.8 Å². The molecule has 3 rings (SSSR count). The molecule has 1 heterocycles. The van der Waals surface area contributed by atoms with Crippen LogP contribution in [0.5, 0.6) is 0 Å². The van der Waals surface area contributed by atoms with Gasteiger partial charge in [0.25, 0.3) is 5.91 Å². The van der Waals surface area contributed by atoms with Crippen LogP contribution in [0.4, 0.5) is 9.18 Å². The molecule has 6 nitrogen and oxygen atoms in total. The second kappa shape index (κ2) is 7.80. The van der Waals surface area contributed by atoms with Crippen molar-refractivity contribution < 1.29 is 18.8 Å². The summed E-state index contributed by atoms with van der Waals surface area (Å²) >= 11 is 0. The Morgan fingerprint density at radius 3 is 2.36 bits per heavy atom. The number of hydrogen-bond acceptors (Lipinski definition) is 3. The van der Waals surface area contributed by atoms with Gasteiger partial charge in [0.2, 0.25) is 5.91 Å². The molecule has 2 aromatic carbocycles. The molecule has 0 bridgehead atoms. The average Bonchev–Trinajstić information content (AvgIpc) is 2.93. The van der Waals surface area contributed by atoms with Gasteiger partial charge < -0.3 is 10.6 Å². The topological polar surface area (TPSA) is 78.5 Å². The summed E-state index contributed by atoms with van der Waals surface area (Å²) < 4.78 is 13.2. The van der Waals surface area contributed by atoms with Crippen LogP contribution in [0.3, 0.4) is 0 Å². The quantitative estimate of drug-likeness (QED) is 0.753. The van der Waals surface area contributed by atoms with Crippen LogP contribution in [-0.2, 0) is 21.7 Å². The highest BCUT2D eigenvalue weighted by Gasteiger charge is 2.51. The Hall–Kier alpha value is -3.22. The molecule has 28 heavy (non-hydrogen) atoms. The summed E-state index contributed by atoms with van der Waals surface area (Å²) in [5.74, 6) is -1.38. The van der Waals surface area contributed by atoms with Crippen molar-refractivity contribution in [1.82, 2.24) is 15.5 Å². The summed E-state index contributed by atoms with van der Waals surface area (Å²) in [6.45, 7) is 3.66. The van der Waals surface area contributed by atoms with Gasteiger partial charge in [0, 0.05) is 6.54 Å². The van der Waals surface area contributed by atoms with E-state index in [1.165, 1.54) is 24.3 Å². The van der Waals surface area contributed by atoms with Crippen LogP contribution in [0.1, 0.15) is 30.0 Å². The SMILES string of the molecule is CC[C@]1(c2ccc(F)cc2)NC(=O)N(CC(=O)NCc2ccc(C)cc2)C1=O. The Labute approximate surface area is 162 Å². The Morgan fingerprint density at radius 1 is 1.11 bits per heavy atom. The lowest BCUT2D eigenvalue weighted by atomic mass is 9.87. The lowest BCUT2D eigenvalue weighted by Crippen LogP contribution is -2.44. The number of carbonyl (C=O) groups excluding carboxylic acids is 3. The number of halogens is 1. The Balaban J connectivity index is 1.69. The molecule has 4 amide bonds. The van der Waals surface area contributed by atoms with E-state index in [2.05, 4.69) is 10.6 Å². The van der Waals surface area contributed by atoms with Crippen LogP contribution >= 0.6 is 0 Å². The highest BCUT2D eigenvalue weighted by atomic mass is 19.1. The molecule has 1 aliphatic rings. The predicted octanol–water partition coefficient (Wildman–Crippen LogP) is 2.61. The van der Waals surface area contributed by atoms with Crippen LogP contribution in [0.15, 0.2) is 48.5 Å². The molecule has 1 aliphatic heterocycles. The Bertz CT molecular complexity index is 896. The lowest BCUT2D eigenvalue weighted by Gasteiger charge is -2.25. The molecule has 0 spiro atoms. The monoisotopic (exact) mass is 383 g/mol. The highest BCUT2D eigenvalue weighted by Crippen LogP contribution is 2.32. The van der Waals surface area contributed by atoms with E-state index in [0.29, 0.717) is 12.1 Å². The zero-order valence-electron chi connectivity index (χ0n) is 15.8. The maximum Gasteiger partial charge on any atom is 0.325 e. The molecule has 2 aromatic rings. The molecular formula is C21H22FN3O3. The molecule has 7 heteroatoms. The number of amides is 4. The van der Waals surface area contributed by atoms with E-state index in [0.717, 1.165) is 16.0 Å². The normalized spacial score (nSPS) is 18.9. The van der Waals surface area contributed by atoms with Crippen molar-refractivity contribution in [3.63, 3.8) is 0 Å². The summed E-state index contributed by atoms with van der Waals surface area (Å²) in [5, 5.41) is 5.39. The number of urea groups is 1. The standard InChI is InChI=1S/C21H22FN3O3/c1-3-21(16-8-10-17(22)11-9-16)19(27)25(20(28)24-21)13-18(26)23-12-15-6-4-14(2)5-7-15/h4-11H,3,12-13H2,1-2H3,(H,23,26)(H,24,28)/t21-/m1/s1. The summed E-state index contributed by atoms with van der Waals surface area (Å²) in [5.41, 5.74) is 1.23. The molecular weight excluding hydrogens is 361 g/mol. The first-order valence-corrected chi connectivity index (χ1v) is 9.08. The van der Waals surface area contributed by atoms with Crippen LogP contribution in [0.25, 0.3) is 0 Å². The van der Waals surface area contributed by atoms with Gasteiger partial charge in [0.05, 0.1) is 0 Å². The predicted molar refractivity (Wildman–Crippen MR) is 102 cm³/mol. The van der Waals surface area contributed by atoms with E-state index in [1.807, 2.05) is 31.2 Å². The van der Waals surface area contributed by atoms with Crippen LogP contribution < -0.4 is 10.6 Å². The zero-order valence-corrected chi connectivity index (χ0v) is 15.8. The van der Waals surface area contributed by atoms with Crippen LogP contribution in [0.2, 0.25) is 0 Å². The molecule has 0 saturated carbocycles. The van der Waals surface area contributed by atoms with Gasteiger partial charge in [-0.3, -0.25) is 14.5 Å². The van der Waals surface area contributed by atoms with Gasteiger partial charge in [0.15, 0.2) is 0 Å².